The van der Waals surface area contributed by atoms with E-state index in [-0.39, 0.29) is 16.7 Å². The molecule has 1 aliphatic heterocycles. The van der Waals surface area contributed by atoms with E-state index < -0.39 is 5.82 Å². The SMILES string of the molecule is Cc1ccc(-c2ccc(N3CCN(C(=O)Nc4c(F)cccc4Cl)CC3)nn2)c(C)c1. The zero-order valence-corrected chi connectivity index (χ0v) is 18.2. The number of aromatic nitrogens is 2. The number of anilines is 2. The summed E-state index contributed by atoms with van der Waals surface area (Å²) in [5.74, 6) is 0.212. The van der Waals surface area contributed by atoms with Gasteiger partial charge in [-0.05, 0) is 43.7 Å². The summed E-state index contributed by atoms with van der Waals surface area (Å²) >= 11 is 5.99. The van der Waals surface area contributed by atoms with Crippen molar-refractivity contribution in [2.45, 2.75) is 13.8 Å². The number of para-hydroxylation sites is 1. The molecule has 1 N–H and O–H groups in total. The highest BCUT2D eigenvalue weighted by Crippen LogP contribution is 2.26. The minimum Gasteiger partial charge on any atom is -0.352 e. The van der Waals surface area contributed by atoms with Gasteiger partial charge in [-0.2, -0.15) is 0 Å². The average Bonchev–Trinajstić information content (AvgIpc) is 2.77. The second kappa shape index (κ2) is 8.89. The smallest absolute Gasteiger partial charge is 0.322 e. The second-order valence-electron chi connectivity index (χ2n) is 7.60. The van der Waals surface area contributed by atoms with Crippen molar-refractivity contribution in [2.24, 2.45) is 0 Å². The van der Waals surface area contributed by atoms with Gasteiger partial charge in [0.25, 0.3) is 0 Å². The third-order valence-corrected chi connectivity index (χ3v) is 5.71. The molecule has 0 aliphatic carbocycles. The summed E-state index contributed by atoms with van der Waals surface area (Å²) in [6.07, 6.45) is 0. The van der Waals surface area contributed by atoms with Crippen LogP contribution in [0.2, 0.25) is 5.02 Å². The zero-order chi connectivity index (χ0) is 22.0. The molecule has 2 heterocycles. The Morgan fingerprint density at radius 1 is 1.03 bits per heavy atom. The van der Waals surface area contributed by atoms with E-state index in [9.17, 15) is 9.18 Å². The molecule has 0 bridgehead atoms. The van der Waals surface area contributed by atoms with Crippen LogP contribution in [0.15, 0.2) is 48.5 Å². The monoisotopic (exact) mass is 439 g/mol. The number of piperazine rings is 1. The number of carbonyl (C=O) groups is 1. The van der Waals surface area contributed by atoms with Crippen LogP contribution < -0.4 is 10.2 Å². The Kier molecular flexibility index (Phi) is 6.04. The molecule has 31 heavy (non-hydrogen) atoms. The van der Waals surface area contributed by atoms with Crippen molar-refractivity contribution in [3.05, 3.63) is 70.5 Å². The van der Waals surface area contributed by atoms with Gasteiger partial charge < -0.3 is 15.1 Å². The summed E-state index contributed by atoms with van der Waals surface area (Å²) in [4.78, 5) is 16.2. The van der Waals surface area contributed by atoms with E-state index in [1.807, 2.05) is 12.1 Å². The first-order chi connectivity index (χ1) is 14.9. The van der Waals surface area contributed by atoms with Gasteiger partial charge in [0.15, 0.2) is 5.82 Å². The van der Waals surface area contributed by atoms with E-state index in [1.54, 1.807) is 11.0 Å². The molecule has 1 saturated heterocycles. The number of halogens is 2. The van der Waals surface area contributed by atoms with Crippen molar-refractivity contribution in [3.8, 4) is 11.3 Å². The number of benzene rings is 2. The molecule has 0 saturated carbocycles. The molecular weight excluding hydrogens is 417 g/mol. The zero-order valence-electron chi connectivity index (χ0n) is 17.4. The van der Waals surface area contributed by atoms with Crippen LogP contribution in [0.1, 0.15) is 11.1 Å². The molecule has 0 spiro atoms. The van der Waals surface area contributed by atoms with Gasteiger partial charge in [-0.1, -0.05) is 41.4 Å². The predicted molar refractivity (Wildman–Crippen MR) is 121 cm³/mol. The van der Waals surface area contributed by atoms with E-state index in [4.69, 9.17) is 11.6 Å². The molecular formula is C23H23ClFN5O. The average molecular weight is 440 g/mol. The van der Waals surface area contributed by atoms with Crippen molar-refractivity contribution in [1.82, 2.24) is 15.1 Å². The van der Waals surface area contributed by atoms with Crippen molar-refractivity contribution < 1.29 is 9.18 Å². The van der Waals surface area contributed by atoms with Gasteiger partial charge in [0, 0.05) is 31.7 Å². The van der Waals surface area contributed by atoms with Crippen LogP contribution in [-0.2, 0) is 0 Å². The fourth-order valence-electron chi connectivity index (χ4n) is 3.68. The molecule has 1 fully saturated rings. The van der Waals surface area contributed by atoms with E-state index in [2.05, 4.69) is 52.5 Å². The number of hydrogen-bond acceptors (Lipinski definition) is 4. The van der Waals surface area contributed by atoms with Gasteiger partial charge >= 0.3 is 6.03 Å². The summed E-state index contributed by atoms with van der Waals surface area (Å²) in [5.41, 5.74) is 4.28. The fourth-order valence-corrected chi connectivity index (χ4v) is 3.89. The summed E-state index contributed by atoms with van der Waals surface area (Å²) in [5, 5.41) is 11.5. The quantitative estimate of drug-likeness (QED) is 0.630. The second-order valence-corrected chi connectivity index (χ2v) is 8.00. The molecule has 4 rings (SSSR count). The highest BCUT2D eigenvalue weighted by atomic mass is 35.5. The minimum absolute atomic E-state index is 0.00412. The first kappa shape index (κ1) is 21.1. The molecule has 0 radical (unpaired) electrons. The van der Waals surface area contributed by atoms with Gasteiger partial charge in [0.2, 0.25) is 0 Å². The Balaban J connectivity index is 1.38. The molecule has 2 aromatic carbocycles. The molecule has 1 aromatic heterocycles. The van der Waals surface area contributed by atoms with Gasteiger partial charge in [-0.3, -0.25) is 0 Å². The molecule has 2 amide bonds. The minimum atomic E-state index is -0.557. The first-order valence-electron chi connectivity index (χ1n) is 10.1. The first-order valence-corrected chi connectivity index (χ1v) is 10.5. The summed E-state index contributed by atoms with van der Waals surface area (Å²) in [7, 11) is 0. The van der Waals surface area contributed by atoms with E-state index in [0.29, 0.717) is 26.2 Å². The van der Waals surface area contributed by atoms with Gasteiger partial charge in [0.05, 0.1) is 16.4 Å². The molecule has 6 nitrogen and oxygen atoms in total. The highest BCUT2D eigenvalue weighted by molar-refractivity contribution is 6.33. The largest absolute Gasteiger partial charge is 0.352 e. The number of urea groups is 1. The van der Waals surface area contributed by atoms with Crippen LogP contribution in [0.4, 0.5) is 20.7 Å². The lowest BCUT2D eigenvalue weighted by molar-refractivity contribution is 0.208. The number of amides is 2. The normalized spacial score (nSPS) is 13.9. The summed E-state index contributed by atoms with van der Waals surface area (Å²) in [6, 6.07) is 14.1. The lowest BCUT2D eigenvalue weighted by Gasteiger charge is -2.35. The van der Waals surface area contributed by atoms with Gasteiger partial charge in [-0.15, -0.1) is 10.2 Å². The number of hydrogen-bond donors (Lipinski definition) is 1. The molecule has 0 unspecified atom stereocenters. The number of aryl methyl sites for hydroxylation is 2. The molecule has 160 valence electrons. The van der Waals surface area contributed by atoms with E-state index in [1.165, 1.54) is 17.7 Å². The maximum absolute atomic E-state index is 13.9. The van der Waals surface area contributed by atoms with Crippen LogP contribution in [0, 0.1) is 19.7 Å². The molecule has 3 aromatic rings. The number of nitrogens with zero attached hydrogens (tertiary/aromatic N) is 4. The number of rotatable bonds is 3. The molecule has 1 aliphatic rings. The topological polar surface area (TPSA) is 61.4 Å². The summed E-state index contributed by atoms with van der Waals surface area (Å²) < 4.78 is 13.9. The maximum Gasteiger partial charge on any atom is 0.322 e. The summed E-state index contributed by atoms with van der Waals surface area (Å²) in [6.45, 7) is 6.32. The van der Waals surface area contributed by atoms with Crippen molar-refractivity contribution >= 4 is 29.1 Å². The van der Waals surface area contributed by atoms with Crippen LogP contribution in [-0.4, -0.2) is 47.3 Å². The van der Waals surface area contributed by atoms with E-state index in [0.717, 1.165) is 22.6 Å². The van der Waals surface area contributed by atoms with Crippen molar-refractivity contribution in [3.63, 3.8) is 0 Å². The van der Waals surface area contributed by atoms with E-state index >= 15 is 0 Å². The maximum atomic E-state index is 13.9. The highest BCUT2D eigenvalue weighted by Gasteiger charge is 2.23. The molecule has 0 atom stereocenters. The molecule has 8 heteroatoms. The lowest BCUT2D eigenvalue weighted by atomic mass is 10.0. The Bertz CT molecular complexity index is 1080. The van der Waals surface area contributed by atoms with Crippen LogP contribution in [0.25, 0.3) is 11.3 Å². The Hall–Kier alpha value is -3.19. The fraction of sp³-hybridized carbons (Fsp3) is 0.261. The lowest BCUT2D eigenvalue weighted by Crippen LogP contribution is -2.50. The van der Waals surface area contributed by atoms with Crippen molar-refractivity contribution in [1.29, 1.82) is 0 Å². The van der Waals surface area contributed by atoms with Crippen LogP contribution >= 0.6 is 11.6 Å². The Morgan fingerprint density at radius 3 is 2.45 bits per heavy atom. The Labute approximate surface area is 185 Å². The number of carbonyl (C=O) groups excluding carboxylic acids is 1. The van der Waals surface area contributed by atoms with Gasteiger partial charge in [-0.25, -0.2) is 9.18 Å². The van der Waals surface area contributed by atoms with Gasteiger partial charge in [0.1, 0.15) is 5.82 Å². The van der Waals surface area contributed by atoms with Crippen LogP contribution in [0.3, 0.4) is 0 Å². The Morgan fingerprint density at radius 2 is 1.81 bits per heavy atom. The third kappa shape index (κ3) is 4.61. The standard InChI is InChI=1S/C23H23ClFN5O/c1-15-6-7-17(16(2)14-15)20-8-9-21(28-27-20)29-10-12-30(13-11-29)23(31)26-22-18(24)4-3-5-19(22)25/h3-9,14H,10-13H2,1-2H3,(H,26,31). The van der Waals surface area contributed by atoms with Crippen LogP contribution in [0.5, 0.6) is 0 Å². The number of nitrogens with one attached hydrogen (secondary N) is 1. The predicted octanol–water partition coefficient (Wildman–Crippen LogP) is 4.91. The third-order valence-electron chi connectivity index (χ3n) is 5.39. The van der Waals surface area contributed by atoms with Crippen molar-refractivity contribution in [2.75, 3.05) is 36.4 Å².